The molecular weight excluding hydrogens is 262 g/mol. The Bertz CT molecular complexity index is 464. The van der Waals surface area contributed by atoms with E-state index in [1.807, 2.05) is 0 Å². The van der Waals surface area contributed by atoms with Crippen LogP contribution in [0.1, 0.15) is 29.6 Å². The van der Waals surface area contributed by atoms with Gasteiger partial charge in [-0.25, -0.2) is 0 Å². The van der Waals surface area contributed by atoms with Gasteiger partial charge in [0.1, 0.15) is 0 Å². The van der Waals surface area contributed by atoms with Gasteiger partial charge in [-0.05, 0) is 44.6 Å². The first kappa shape index (κ1) is 14.2. The summed E-state index contributed by atoms with van der Waals surface area (Å²) in [6.07, 6.45) is 3.73. The number of rotatable bonds is 4. The molecule has 1 aromatic carbocycles. The van der Waals surface area contributed by atoms with E-state index in [4.69, 9.17) is 17.3 Å². The molecule has 1 saturated heterocycles. The van der Waals surface area contributed by atoms with Gasteiger partial charge >= 0.3 is 0 Å². The summed E-state index contributed by atoms with van der Waals surface area (Å²) < 4.78 is 0. The van der Waals surface area contributed by atoms with E-state index in [1.54, 1.807) is 18.2 Å². The molecule has 104 valence electrons. The average Bonchev–Trinajstić information content (AvgIpc) is 2.39. The molecule has 1 fully saturated rings. The number of carbonyl (C=O) groups excluding carboxylic acids is 1. The highest BCUT2D eigenvalue weighted by molar-refractivity contribution is 6.33. The van der Waals surface area contributed by atoms with Gasteiger partial charge in [-0.15, -0.1) is 0 Å². The van der Waals surface area contributed by atoms with Gasteiger partial charge in [-0.2, -0.15) is 0 Å². The summed E-state index contributed by atoms with van der Waals surface area (Å²) in [5.41, 5.74) is 6.53. The standard InChI is InChI=1S/C14H20ClN3O/c1-18-7-3-2-4-11(18)9-17-13-8-10(14(16)19)5-6-12(13)15/h5-6,8,11,17H,2-4,7,9H2,1H3,(H2,16,19). The number of halogens is 1. The van der Waals surface area contributed by atoms with Gasteiger partial charge in [0.05, 0.1) is 10.7 Å². The molecular formula is C14H20ClN3O. The molecule has 0 aromatic heterocycles. The third-order valence-corrected chi connectivity index (χ3v) is 4.03. The van der Waals surface area contributed by atoms with E-state index in [0.29, 0.717) is 16.6 Å². The number of nitrogens with two attached hydrogens (primary N) is 1. The molecule has 1 unspecified atom stereocenters. The Hall–Kier alpha value is -1.26. The largest absolute Gasteiger partial charge is 0.382 e. The normalized spacial score (nSPS) is 20.2. The minimum Gasteiger partial charge on any atom is -0.382 e. The molecule has 19 heavy (non-hydrogen) atoms. The third-order valence-electron chi connectivity index (χ3n) is 3.70. The maximum absolute atomic E-state index is 11.2. The molecule has 0 radical (unpaired) electrons. The SMILES string of the molecule is CN1CCCCC1CNc1cc(C(N)=O)ccc1Cl. The first-order valence-electron chi connectivity index (χ1n) is 6.61. The van der Waals surface area contributed by atoms with Crippen molar-refractivity contribution in [1.29, 1.82) is 0 Å². The van der Waals surface area contributed by atoms with Crippen molar-refractivity contribution in [2.24, 2.45) is 5.73 Å². The maximum Gasteiger partial charge on any atom is 0.248 e. The van der Waals surface area contributed by atoms with Gasteiger partial charge < -0.3 is 16.0 Å². The zero-order valence-corrected chi connectivity index (χ0v) is 11.9. The van der Waals surface area contributed by atoms with Crippen LogP contribution in [0.5, 0.6) is 0 Å². The van der Waals surface area contributed by atoms with Crippen LogP contribution in [-0.4, -0.2) is 37.0 Å². The monoisotopic (exact) mass is 281 g/mol. The van der Waals surface area contributed by atoms with Crippen LogP contribution in [0.25, 0.3) is 0 Å². The zero-order valence-electron chi connectivity index (χ0n) is 11.2. The summed E-state index contributed by atoms with van der Waals surface area (Å²) in [6, 6.07) is 5.58. The molecule has 1 heterocycles. The highest BCUT2D eigenvalue weighted by atomic mass is 35.5. The summed E-state index contributed by atoms with van der Waals surface area (Å²) >= 11 is 6.13. The summed E-state index contributed by atoms with van der Waals surface area (Å²) in [5, 5.41) is 3.94. The Kier molecular flexibility index (Phi) is 4.66. The van der Waals surface area contributed by atoms with Crippen LogP contribution in [-0.2, 0) is 0 Å². The van der Waals surface area contributed by atoms with Crippen LogP contribution < -0.4 is 11.1 Å². The summed E-state index contributed by atoms with van der Waals surface area (Å²) in [6.45, 7) is 1.97. The van der Waals surface area contributed by atoms with E-state index in [0.717, 1.165) is 18.8 Å². The molecule has 2 rings (SSSR count). The second-order valence-electron chi connectivity index (χ2n) is 5.07. The zero-order chi connectivity index (χ0) is 13.8. The van der Waals surface area contributed by atoms with Gasteiger partial charge in [0.25, 0.3) is 0 Å². The van der Waals surface area contributed by atoms with Crippen LogP contribution >= 0.6 is 11.6 Å². The molecule has 0 spiro atoms. The molecule has 0 bridgehead atoms. The molecule has 1 aromatic rings. The molecule has 0 aliphatic carbocycles. The molecule has 5 heteroatoms. The lowest BCUT2D eigenvalue weighted by molar-refractivity contribution is 0.100. The van der Waals surface area contributed by atoms with E-state index < -0.39 is 5.91 Å². The lowest BCUT2D eigenvalue weighted by Crippen LogP contribution is -2.40. The van der Waals surface area contributed by atoms with Crippen molar-refractivity contribution in [1.82, 2.24) is 4.90 Å². The van der Waals surface area contributed by atoms with E-state index in [9.17, 15) is 4.79 Å². The number of amides is 1. The molecule has 1 amide bonds. The van der Waals surface area contributed by atoms with Crippen molar-refractivity contribution in [2.45, 2.75) is 25.3 Å². The first-order chi connectivity index (χ1) is 9.08. The van der Waals surface area contributed by atoms with Gasteiger partial charge in [-0.1, -0.05) is 18.0 Å². The number of primary amides is 1. The number of nitrogens with zero attached hydrogens (tertiary/aromatic N) is 1. The Balaban J connectivity index is 2.02. The molecule has 1 aliphatic rings. The van der Waals surface area contributed by atoms with Crippen LogP contribution in [0, 0.1) is 0 Å². The fourth-order valence-electron chi connectivity index (χ4n) is 2.44. The van der Waals surface area contributed by atoms with Crippen molar-refractivity contribution in [3.05, 3.63) is 28.8 Å². The Morgan fingerprint density at radius 2 is 2.32 bits per heavy atom. The molecule has 3 N–H and O–H groups in total. The molecule has 4 nitrogen and oxygen atoms in total. The highest BCUT2D eigenvalue weighted by Gasteiger charge is 2.18. The average molecular weight is 282 g/mol. The van der Waals surface area contributed by atoms with Crippen molar-refractivity contribution >= 4 is 23.2 Å². The van der Waals surface area contributed by atoms with Crippen LogP contribution in [0.2, 0.25) is 5.02 Å². The topological polar surface area (TPSA) is 58.4 Å². The van der Waals surface area contributed by atoms with Crippen LogP contribution in [0.15, 0.2) is 18.2 Å². The number of anilines is 1. The number of likely N-dealkylation sites (tertiary alicyclic amines) is 1. The fourth-order valence-corrected chi connectivity index (χ4v) is 2.63. The van der Waals surface area contributed by atoms with Gasteiger partial charge in [0.2, 0.25) is 5.91 Å². The number of hydrogen-bond donors (Lipinski definition) is 2. The van der Waals surface area contributed by atoms with Gasteiger partial charge in [-0.3, -0.25) is 4.79 Å². The third kappa shape index (κ3) is 3.61. The smallest absolute Gasteiger partial charge is 0.248 e. The van der Waals surface area contributed by atoms with Crippen LogP contribution in [0.4, 0.5) is 5.69 Å². The Morgan fingerprint density at radius 3 is 3.00 bits per heavy atom. The lowest BCUT2D eigenvalue weighted by Gasteiger charge is -2.32. The number of benzene rings is 1. The Morgan fingerprint density at radius 1 is 1.53 bits per heavy atom. The van der Waals surface area contributed by atoms with Gasteiger partial charge in [0.15, 0.2) is 0 Å². The second kappa shape index (κ2) is 6.26. The number of carbonyl (C=O) groups is 1. The lowest BCUT2D eigenvalue weighted by atomic mass is 10.0. The highest BCUT2D eigenvalue weighted by Crippen LogP contribution is 2.24. The van der Waals surface area contributed by atoms with E-state index in [2.05, 4.69) is 17.3 Å². The minimum absolute atomic E-state index is 0.436. The predicted octanol–water partition coefficient (Wildman–Crippen LogP) is 2.34. The number of hydrogen-bond acceptors (Lipinski definition) is 3. The fraction of sp³-hybridized carbons (Fsp3) is 0.500. The van der Waals surface area contributed by atoms with E-state index in [-0.39, 0.29) is 0 Å². The minimum atomic E-state index is -0.436. The summed E-state index contributed by atoms with van der Waals surface area (Å²) in [7, 11) is 2.15. The second-order valence-corrected chi connectivity index (χ2v) is 5.48. The number of likely N-dealkylation sites (N-methyl/N-ethyl adjacent to an activating group) is 1. The van der Waals surface area contributed by atoms with E-state index >= 15 is 0 Å². The van der Waals surface area contributed by atoms with Crippen molar-refractivity contribution in [3.8, 4) is 0 Å². The first-order valence-corrected chi connectivity index (χ1v) is 6.99. The van der Waals surface area contributed by atoms with Crippen LogP contribution in [0.3, 0.4) is 0 Å². The molecule has 1 aliphatic heterocycles. The summed E-state index contributed by atoms with van der Waals surface area (Å²) in [4.78, 5) is 13.5. The molecule has 0 saturated carbocycles. The maximum atomic E-state index is 11.2. The van der Waals surface area contributed by atoms with E-state index in [1.165, 1.54) is 19.3 Å². The van der Waals surface area contributed by atoms with Crippen molar-refractivity contribution in [3.63, 3.8) is 0 Å². The van der Waals surface area contributed by atoms with Gasteiger partial charge in [0, 0.05) is 18.2 Å². The number of nitrogens with one attached hydrogen (secondary N) is 1. The number of piperidine rings is 1. The van der Waals surface area contributed by atoms with Crippen molar-refractivity contribution in [2.75, 3.05) is 25.5 Å². The molecule has 1 atom stereocenters. The van der Waals surface area contributed by atoms with Crippen molar-refractivity contribution < 1.29 is 4.79 Å². The quantitative estimate of drug-likeness (QED) is 0.891. The Labute approximate surface area is 118 Å². The predicted molar refractivity (Wildman–Crippen MR) is 78.7 cm³/mol. The summed E-state index contributed by atoms with van der Waals surface area (Å²) in [5.74, 6) is -0.436.